The van der Waals surface area contributed by atoms with E-state index < -0.39 is 45.3 Å². The Morgan fingerprint density at radius 2 is 0.861 bits per heavy atom. The summed E-state index contributed by atoms with van der Waals surface area (Å²) < 4.78 is 0. The number of fused-ring (bicyclic) bond motifs is 10. The number of Topliss-reactive ketones (excluding diaryl/α,β-unsaturated/α-hetero) is 2. The summed E-state index contributed by atoms with van der Waals surface area (Å²) >= 11 is 0. The highest BCUT2D eigenvalue weighted by atomic mass is 16.2. The molecule has 6 aliphatic rings. The number of benzene rings is 1. The van der Waals surface area contributed by atoms with Crippen LogP contribution in [-0.2, 0) is 28.8 Å². The van der Waals surface area contributed by atoms with Crippen molar-refractivity contribution < 1.29 is 28.8 Å². The highest BCUT2D eigenvalue weighted by molar-refractivity contribution is 6.26. The molecule has 0 aromatic heterocycles. The lowest BCUT2D eigenvalue weighted by atomic mass is 9.68. The summed E-state index contributed by atoms with van der Waals surface area (Å²) in [4.78, 5) is 81.5. The lowest BCUT2D eigenvalue weighted by molar-refractivity contribution is -0.138. The first-order chi connectivity index (χ1) is 16.8. The van der Waals surface area contributed by atoms with Crippen molar-refractivity contribution in [1.29, 1.82) is 0 Å². The van der Waals surface area contributed by atoms with Crippen LogP contribution < -0.4 is 9.80 Å². The standard InChI is InChI=1S/C28H28N2O6/c1-25-9-15(31)27(3,11-25)19-17(25)21(33)29(23(19)35)13-5-7-14(8-6-13)30-22(34)18-20(24(30)36)28(4)12-26(18,2)10-16(28)32/h5-8,17-20H,9-12H2,1-4H3/t17-,18-,19-,20-,25+,26+,27-,28+/m0/s1. The minimum atomic E-state index is -0.809. The molecule has 1 aromatic rings. The second-order valence-corrected chi connectivity index (χ2v) is 13.1. The number of hydrogen-bond donors (Lipinski definition) is 0. The molecule has 4 saturated carbocycles. The quantitative estimate of drug-likeness (QED) is 0.592. The Hall–Kier alpha value is -3.16. The first-order valence-electron chi connectivity index (χ1n) is 12.7. The van der Waals surface area contributed by atoms with Crippen molar-refractivity contribution in [1.82, 2.24) is 0 Å². The van der Waals surface area contributed by atoms with E-state index in [0.717, 1.165) is 0 Å². The average molecular weight is 489 g/mol. The number of imide groups is 2. The Morgan fingerprint density at radius 3 is 1.19 bits per heavy atom. The monoisotopic (exact) mass is 488 g/mol. The minimum Gasteiger partial charge on any atom is -0.299 e. The van der Waals surface area contributed by atoms with Gasteiger partial charge in [0.2, 0.25) is 23.6 Å². The minimum absolute atomic E-state index is 0.0519. The summed E-state index contributed by atoms with van der Waals surface area (Å²) in [6.07, 6.45) is 1.75. The number of rotatable bonds is 2. The highest BCUT2D eigenvalue weighted by Crippen LogP contribution is 2.69. The fourth-order valence-corrected chi connectivity index (χ4v) is 9.43. The molecule has 4 aliphatic carbocycles. The molecule has 8 heteroatoms. The topological polar surface area (TPSA) is 109 Å². The Kier molecular flexibility index (Phi) is 3.70. The lowest BCUT2D eigenvalue weighted by Gasteiger charge is -2.30. The second kappa shape index (κ2) is 6.03. The van der Waals surface area contributed by atoms with Crippen molar-refractivity contribution in [3.8, 4) is 0 Å². The molecule has 4 amide bonds. The molecular formula is C28H28N2O6. The van der Waals surface area contributed by atoms with Gasteiger partial charge in [-0.15, -0.1) is 0 Å². The van der Waals surface area contributed by atoms with Gasteiger partial charge in [0.25, 0.3) is 0 Å². The molecule has 4 bridgehead atoms. The molecule has 36 heavy (non-hydrogen) atoms. The average Bonchev–Trinajstić information content (AvgIpc) is 3.50. The summed E-state index contributed by atoms with van der Waals surface area (Å²) in [5.41, 5.74) is -1.89. The van der Waals surface area contributed by atoms with Crippen molar-refractivity contribution in [3.63, 3.8) is 0 Å². The van der Waals surface area contributed by atoms with Crippen LogP contribution in [-0.4, -0.2) is 35.2 Å². The van der Waals surface area contributed by atoms with Gasteiger partial charge in [0.15, 0.2) is 0 Å². The molecule has 8 nitrogen and oxygen atoms in total. The Labute approximate surface area is 208 Å². The van der Waals surface area contributed by atoms with E-state index in [2.05, 4.69) is 0 Å². The zero-order chi connectivity index (χ0) is 25.7. The molecule has 8 atom stereocenters. The fraction of sp³-hybridized carbons (Fsp3) is 0.571. The van der Waals surface area contributed by atoms with Gasteiger partial charge < -0.3 is 0 Å². The summed E-state index contributed by atoms with van der Waals surface area (Å²) in [5, 5.41) is 0. The lowest BCUT2D eigenvalue weighted by Crippen LogP contribution is -2.40. The van der Waals surface area contributed by atoms with Crippen LogP contribution in [0.15, 0.2) is 24.3 Å². The smallest absolute Gasteiger partial charge is 0.238 e. The van der Waals surface area contributed by atoms with Gasteiger partial charge in [0, 0.05) is 23.7 Å². The molecule has 2 heterocycles. The molecule has 7 rings (SSSR count). The maximum absolute atomic E-state index is 13.4. The van der Waals surface area contributed by atoms with E-state index in [1.165, 1.54) is 9.80 Å². The number of ketones is 2. The van der Waals surface area contributed by atoms with Crippen LogP contribution in [0, 0.1) is 45.3 Å². The van der Waals surface area contributed by atoms with Crippen LogP contribution in [0.3, 0.4) is 0 Å². The van der Waals surface area contributed by atoms with Gasteiger partial charge >= 0.3 is 0 Å². The van der Waals surface area contributed by atoms with E-state index in [4.69, 9.17) is 0 Å². The predicted octanol–water partition coefficient (Wildman–Crippen LogP) is 2.68. The van der Waals surface area contributed by atoms with E-state index in [-0.39, 0.29) is 35.2 Å². The molecule has 0 N–H and O–H groups in total. The SMILES string of the molecule is C[C@@]12CC(=O)[C@](C)(C1)[C@@H]1C(=O)N(c3ccc(N4C(=O)[C@@H]5[C@@H](C4=O)[C@]4(C)C[C@@]5(C)CC4=O)cc3)C(=O)[C@H]12. The third kappa shape index (κ3) is 2.16. The molecule has 186 valence electrons. The van der Waals surface area contributed by atoms with E-state index >= 15 is 0 Å². The molecule has 1 aromatic carbocycles. The Bertz CT molecular complexity index is 1260. The molecule has 2 saturated heterocycles. The molecular weight excluding hydrogens is 460 g/mol. The number of nitrogens with zero attached hydrogens (tertiary/aromatic N) is 2. The maximum atomic E-state index is 13.4. The maximum Gasteiger partial charge on any atom is 0.238 e. The third-order valence-corrected chi connectivity index (χ3v) is 10.8. The van der Waals surface area contributed by atoms with Gasteiger partial charge in [-0.2, -0.15) is 0 Å². The zero-order valence-corrected chi connectivity index (χ0v) is 20.8. The van der Waals surface area contributed by atoms with Crippen LogP contribution >= 0.6 is 0 Å². The van der Waals surface area contributed by atoms with E-state index in [9.17, 15) is 28.8 Å². The van der Waals surface area contributed by atoms with Crippen LogP contribution in [0.2, 0.25) is 0 Å². The predicted molar refractivity (Wildman–Crippen MR) is 126 cm³/mol. The first-order valence-corrected chi connectivity index (χ1v) is 12.7. The van der Waals surface area contributed by atoms with Crippen molar-refractivity contribution in [3.05, 3.63) is 24.3 Å². The van der Waals surface area contributed by atoms with Crippen LogP contribution in [0.25, 0.3) is 0 Å². The van der Waals surface area contributed by atoms with E-state index in [0.29, 0.717) is 37.1 Å². The molecule has 6 fully saturated rings. The summed E-state index contributed by atoms with van der Waals surface area (Å²) in [5.74, 6) is -3.48. The molecule has 0 unspecified atom stereocenters. The van der Waals surface area contributed by atoms with Crippen molar-refractivity contribution in [2.75, 3.05) is 9.80 Å². The Morgan fingerprint density at radius 1 is 0.556 bits per heavy atom. The molecule has 0 spiro atoms. The first kappa shape index (κ1) is 22.1. The van der Waals surface area contributed by atoms with Gasteiger partial charge in [-0.3, -0.25) is 38.6 Å². The number of hydrogen-bond acceptors (Lipinski definition) is 6. The highest BCUT2D eigenvalue weighted by Gasteiger charge is 2.75. The van der Waals surface area contributed by atoms with Crippen molar-refractivity contribution >= 4 is 46.6 Å². The van der Waals surface area contributed by atoms with E-state index in [1.807, 2.05) is 27.7 Å². The fourth-order valence-electron chi connectivity index (χ4n) is 9.43. The van der Waals surface area contributed by atoms with Crippen molar-refractivity contribution in [2.45, 2.75) is 53.4 Å². The van der Waals surface area contributed by atoms with Gasteiger partial charge in [-0.1, -0.05) is 27.7 Å². The molecule has 0 radical (unpaired) electrons. The zero-order valence-electron chi connectivity index (χ0n) is 20.8. The van der Waals surface area contributed by atoms with E-state index in [1.54, 1.807) is 24.3 Å². The van der Waals surface area contributed by atoms with Gasteiger partial charge in [0.05, 0.1) is 35.0 Å². The van der Waals surface area contributed by atoms with Gasteiger partial charge in [-0.05, 0) is 47.9 Å². The number of amides is 4. The van der Waals surface area contributed by atoms with Gasteiger partial charge in [-0.25, -0.2) is 0 Å². The number of anilines is 2. The summed E-state index contributed by atoms with van der Waals surface area (Å²) in [6, 6.07) is 6.33. The van der Waals surface area contributed by atoms with Crippen molar-refractivity contribution in [2.24, 2.45) is 45.3 Å². The second-order valence-electron chi connectivity index (χ2n) is 13.1. The van der Waals surface area contributed by atoms with Crippen LogP contribution in [0.4, 0.5) is 11.4 Å². The summed E-state index contributed by atoms with van der Waals surface area (Å²) in [6.45, 7) is 7.48. The van der Waals surface area contributed by atoms with Crippen LogP contribution in [0.1, 0.15) is 53.4 Å². The number of carbonyl (C=O) groups is 6. The number of carbonyl (C=O) groups excluding carboxylic acids is 6. The van der Waals surface area contributed by atoms with Gasteiger partial charge in [0.1, 0.15) is 11.6 Å². The normalized spacial score (nSPS) is 46.6. The largest absolute Gasteiger partial charge is 0.299 e. The summed E-state index contributed by atoms with van der Waals surface area (Å²) in [7, 11) is 0. The van der Waals surface area contributed by atoms with Crippen LogP contribution in [0.5, 0.6) is 0 Å². The molecule has 2 aliphatic heterocycles. The third-order valence-electron chi connectivity index (χ3n) is 10.8. The Balaban J connectivity index is 1.21.